The Labute approximate surface area is 128 Å². The van der Waals surface area contributed by atoms with Crippen LogP contribution in [0.4, 0.5) is 0 Å². The van der Waals surface area contributed by atoms with Gasteiger partial charge in [0.25, 0.3) is 0 Å². The Kier molecular flexibility index (Phi) is 6.23. The zero-order valence-electron chi connectivity index (χ0n) is 14.2. The van der Waals surface area contributed by atoms with E-state index in [1.54, 1.807) is 7.11 Å². The van der Waals surface area contributed by atoms with E-state index in [4.69, 9.17) is 9.47 Å². The molecule has 0 atom stereocenters. The van der Waals surface area contributed by atoms with E-state index in [0.29, 0.717) is 13.2 Å². The summed E-state index contributed by atoms with van der Waals surface area (Å²) >= 11 is 0. The molecule has 5 nitrogen and oxygen atoms in total. The van der Waals surface area contributed by atoms with Crippen LogP contribution in [0.25, 0.3) is 0 Å². The van der Waals surface area contributed by atoms with Crippen molar-refractivity contribution < 1.29 is 14.3 Å². The van der Waals surface area contributed by atoms with E-state index in [-0.39, 0.29) is 23.2 Å². The van der Waals surface area contributed by atoms with Crippen molar-refractivity contribution >= 4 is 5.97 Å². The average molecular weight is 298 g/mol. The number of esters is 1. The summed E-state index contributed by atoms with van der Waals surface area (Å²) in [7, 11) is 1.65. The summed E-state index contributed by atoms with van der Waals surface area (Å²) in [4.78, 5) is 12.0. The Balaban J connectivity index is 2.52. The highest BCUT2D eigenvalue weighted by Gasteiger charge is 2.39. The number of ether oxygens (including phenoxy) is 2. The lowest BCUT2D eigenvalue weighted by molar-refractivity contribution is -0.147. The van der Waals surface area contributed by atoms with E-state index >= 15 is 0 Å². The summed E-state index contributed by atoms with van der Waals surface area (Å²) in [5.41, 5.74) is 0.745. The molecule has 122 valence electrons. The SMILES string of the molecule is COCCN/C(C)=C\C(=O)OC1CC(C)(C)NC(C)(C)C1. The van der Waals surface area contributed by atoms with Crippen molar-refractivity contribution in [1.82, 2.24) is 10.6 Å². The van der Waals surface area contributed by atoms with Crippen molar-refractivity contribution in [3.05, 3.63) is 11.8 Å². The molecule has 0 aromatic carbocycles. The normalized spacial score (nSPS) is 21.9. The third-order valence-corrected chi connectivity index (χ3v) is 3.48. The molecule has 0 saturated carbocycles. The molecule has 0 aromatic heterocycles. The van der Waals surface area contributed by atoms with Crippen LogP contribution in [0.1, 0.15) is 47.5 Å². The van der Waals surface area contributed by atoms with E-state index in [2.05, 4.69) is 38.3 Å². The summed E-state index contributed by atoms with van der Waals surface area (Å²) in [5, 5.41) is 6.68. The van der Waals surface area contributed by atoms with Crippen molar-refractivity contribution in [2.45, 2.75) is 64.6 Å². The number of piperidine rings is 1. The molecular formula is C16H30N2O3. The number of rotatable bonds is 6. The van der Waals surface area contributed by atoms with Crippen LogP contribution in [0.15, 0.2) is 11.8 Å². The molecule has 0 bridgehead atoms. The zero-order chi connectivity index (χ0) is 16.1. The van der Waals surface area contributed by atoms with Gasteiger partial charge in [0.1, 0.15) is 6.10 Å². The summed E-state index contributed by atoms with van der Waals surface area (Å²) in [6.45, 7) is 11.7. The molecule has 2 N–H and O–H groups in total. The van der Waals surface area contributed by atoms with E-state index in [9.17, 15) is 4.79 Å². The van der Waals surface area contributed by atoms with Gasteiger partial charge in [0.2, 0.25) is 0 Å². The molecule has 21 heavy (non-hydrogen) atoms. The Morgan fingerprint density at radius 2 is 1.86 bits per heavy atom. The van der Waals surface area contributed by atoms with Gasteiger partial charge >= 0.3 is 5.97 Å². The number of methoxy groups -OCH3 is 1. The summed E-state index contributed by atoms with van der Waals surface area (Å²) in [6.07, 6.45) is 3.11. The Hall–Kier alpha value is -1.07. The first-order valence-corrected chi connectivity index (χ1v) is 7.55. The van der Waals surface area contributed by atoms with E-state index in [1.807, 2.05) is 6.92 Å². The van der Waals surface area contributed by atoms with Crippen LogP contribution in [0, 0.1) is 0 Å². The minimum absolute atomic E-state index is 0.0256. The number of carbonyl (C=O) groups is 1. The van der Waals surface area contributed by atoms with Crippen LogP contribution in [0.2, 0.25) is 0 Å². The first kappa shape index (κ1) is 18.0. The highest BCUT2D eigenvalue weighted by molar-refractivity contribution is 5.82. The maximum Gasteiger partial charge on any atom is 0.332 e. The van der Waals surface area contributed by atoms with Gasteiger partial charge in [-0.15, -0.1) is 0 Å². The Morgan fingerprint density at radius 1 is 1.29 bits per heavy atom. The third-order valence-electron chi connectivity index (χ3n) is 3.48. The highest BCUT2D eigenvalue weighted by atomic mass is 16.5. The molecule has 0 radical (unpaired) electrons. The first-order valence-electron chi connectivity index (χ1n) is 7.55. The van der Waals surface area contributed by atoms with Gasteiger partial charge in [0.05, 0.1) is 6.61 Å². The molecule has 0 aliphatic carbocycles. The van der Waals surface area contributed by atoms with Gasteiger partial charge in [-0.25, -0.2) is 4.79 Å². The number of nitrogens with one attached hydrogen (secondary N) is 2. The topological polar surface area (TPSA) is 59.6 Å². The monoisotopic (exact) mass is 298 g/mol. The molecule has 0 spiro atoms. The third kappa shape index (κ3) is 6.96. The van der Waals surface area contributed by atoms with Gasteiger partial charge in [-0.1, -0.05) is 0 Å². The fourth-order valence-corrected chi connectivity index (χ4v) is 3.09. The van der Waals surface area contributed by atoms with Gasteiger partial charge < -0.3 is 20.1 Å². The minimum Gasteiger partial charge on any atom is -0.459 e. The first-order chi connectivity index (χ1) is 9.63. The second-order valence-corrected chi connectivity index (χ2v) is 7.11. The predicted octanol–water partition coefficient (Wildman–Crippen LogP) is 1.98. The van der Waals surface area contributed by atoms with Crippen molar-refractivity contribution in [3.8, 4) is 0 Å². The molecule has 1 rings (SSSR count). The number of hydrogen-bond donors (Lipinski definition) is 2. The van der Waals surface area contributed by atoms with Gasteiger partial charge in [0.15, 0.2) is 0 Å². The lowest BCUT2D eigenvalue weighted by Crippen LogP contribution is -2.59. The number of carbonyl (C=O) groups excluding carboxylic acids is 1. The molecule has 0 unspecified atom stereocenters. The van der Waals surface area contributed by atoms with E-state index < -0.39 is 0 Å². The smallest absolute Gasteiger partial charge is 0.332 e. The fraction of sp³-hybridized carbons (Fsp3) is 0.812. The van der Waals surface area contributed by atoms with Crippen LogP contribution in [-0.4, -0.2) is 43.4 Å². The van der Waals surface area contributed by atoms with E-state index in [0.717, 1.165) is 18.5 Å². The van der Waals surface area contributed by atoms with Crippen molar-refractivity contribution in [2.75, 3.05) is 20.3 Å². The Morgan fingerprint density at radius 3 is 2.38 bits per heavy atom. The van der Waals surface area contributed by atoms with Crippen molar-refractivity contribution in [1.29, 1.82) is 0 Å². The maximum absolute atomic E-state index is 12.0. The van der Waals surface area contributed by atoms with Crippen LogP contribution < -0.4 is 10.6 Å². The molecule has 1 aliphatic rings. The van der Waals surface area contributed by atoms with Crippen molar-refractivity contribution in [3.63, 3.8) is 0 Å². The van der Waals surface area contributed by atoms with Gasteiger partial charge in [-0.3, -0.25) is 0 Å². The van der Waals surface area contributed by atoms with Crippen LogP contribution in [0.3, 0.4) is 0 Å². The fourth-order valence-electron chi connectivity index (χ4n) is 3.09. The quantitative estimate of drug-likeness (QED) is 0.446. The lowest BCUT2D eigenvalue weighted by atomic mass is 9.81. The highest BCUT2D eigenvalue weighted by Crippen LogP contribution is 2.30. The maximum atomic E-state index is 12.0. The molecular weight excluding hydrogens is 268 g/mol. The molecule has 1 heterocycles. The van der Waals surface area contributed by atoms with E-state index in [1.165, 1.54) is 6.08 Å². The predicted molar refractivity (Wildman–Crippen MR) is 84.0 cm³/mol. The zero-order valence-corrected chi connectivity index (χ0v) is 14.2. The number of hydrogen-bond acceptors (Lipinski definition) is 5. The molecule has 1 fully saturated rings. The summed E-state index contributed by atoms with van der Waals surface area (Å²) in [5.74, 6) is -0.282. The largest absolute Gasteiger partial charge is 0.459 e. The molecule has 1 saturated heterocycles. The second kappa shape index (κ2) is 7.27. The molecule has 1 aliphatic heterocycles. The van der Waals surface area contributed by atoms with Gasteiger partial charge in [-0.05, 0) is 34.6 Å². The van der Waals surface area contributed by atoms with Crippen molar-refractivity contribution in [2.24, 2.45) is 0 Å². The molecule has 0 amide bonds. The minimum atomic E-state index is -0.282. The number of allylic oxidation sites excluding steroid dienone is 1. The van der Waals surface area contributed by atoms with Crippen LogP contribution >= 0.6 is 0 Å². The summed E-state index contributed by atoms with van der Waals surface area (Å²) < 4.78 is 10.6. The summed E-state index contributed by atoms with van der Waals surface area (Å²) in [6, 6.07) is 0. The molecule has 5 heteroatoms. The molecule has 0 aromatic rings. The van der Waals surface area contributed by atoms with Gasteiger partial charge in [-0.2, -0.15) is 0 Å². The Bertz CT molecular complexity index is 373. The average Bonchev–Trinajstić information content (AvgIpc) is 2.23. The second-order valence-electron chi connectivity index (χ2n) is 7.11. The lowest BCUT2D eigenvalue weighted by Gasteiger charge is -2.45. The van der Waals surface area contributed by atoms with Gasteiger partial charge in [0, 0.05) is 49.3 Å². The standard InChI is InChI=1S/C16H30N2O3/c1-12(17-7-8-20-6)9-14(19)21-13-10-15(2,3)18-16(4,5)11-13/h9,13,17-18H,7-8,10-11H2,1-6H3/b12-9-. The van der Waals surface area contributed by atoms with Crippen LogP contribution in [-0.2, 0) is 14.3 Å². The van der Waals surface area contributed by atoms with Crippen LogP contribution in [0.5, 0.6) is 0 Å².